The molecular weight excluding hydrogens is 356 g/mol. The van der Waals surface area contributed by atoms with E-state index in [1.54, 1.807) is 30.3 Å². The van der Waals surface area contributed by atoms with E-state index >= 15 is 0 Å². The highest BCUT2D eigenvalue weighted by Gasteiger charge is 2.13. The third-order valence-corrected chi connectivity index (χ3v) is 3.93. The minimum Gasteiger partial charge on any atom is -0.326 e. The topological polar surface area (TPSA) is 102 Å². The van der Waals surface area contributed by atoms with Gasteiger partial charge in [0.15, 0.2) is 0 Å². The normalized spacial score (nSPS) is 10.4. The summed E-state index contributed by atoms with van der Waals surface area (Å²) in [5.74, 6) is -0.547. The molecule has 0 atom stereocenters. The van der Waals surface area contributed by atoms with Crippen molar-refractivity contribution >= 4 is 34.8 Å². The number of aromatic nitrogens is 4. The number of hydrogen-bond acceptors (Lipinski definition) is 5. The number of carbonyl (C=O) groups is 2. The van der Waals surface area contributed by atoms with Crippen LogP contribution in [0.2, 0.25) is 5.02 Å². The molecule has 0 radical (unpaired) electrons. The fourth-order valence-electron chi connectivity index (χ4n) is 2.33. The lowest BCUT2D eigenvalue weighted by atomic mass is 10.1. The Labute approximate surface area is 154 Å². The molecule has 0 spiro atoms. The Morgan fingerprint density at radius 2 is 1.92 bits per heavy atom. The number of rotatable bonds is 4. The summed E-state index contributed by atoms with van der Waals surface area (Å²) in [6.45, 7) is 3.29. The van der Waals surface area contributed by atoms with Crippen molar-refractivity contribution < 1.29 is 9.59 Å². The Balaban J connectivity index is 1.81. The molecule has 0 aliphatic heterocycles. The second-order valence-electron chi connectivity index (χ2n) is 5.58. The van der Waals surface area contributed by atoms with Gasteiger partial charge in [-0.15, -0.1) is 5.10 Å². The second kappa shape index (κ2) is 7.32. The predicted molar refractivity (Wildman–Crippen MR) is 97.6 cm³/mol. The number of anilines is 2. The quantitative estimate of drug-likeness (QED) is 0.735. The number of tetrazole rings is 1. The fourth-order valence-corrected chi connectivity index (χ4v) is 2.59. The molecule has 9 heteroatoms. The molecule has 0 saturated carbocycles. The highest BCUT2D eigenvalue weighted by Crippen LogP contribution is 2.23. The molecule has 0 fully saturated rings. The molecule has 1 heterocycles. The SMILES string of the molecule is CC(=O)Nc1cc(NC(=O)c2ccc(-n3cnnn3)cc2Cl)ccc1C. The van der Waals surface area contributed by atoms with Crippen molar-refractivity contribution in [2.75, 3.05) is 10.6 Å². The lowest BCUT2D eigenvalue weighted by Gasteiger charge is -2.11. The van der Waals surface area contributed by atoms with Gasteiger partial charge in [-0.1, -0.05) is 17.7 Å². The van der Waals surface area contributed by atoms with Crippen molar-refractivity contribution in [1.82, 2.24) is 20.2 Å². The van der Waals surface area contributed by atoms with E-state index in [2.05, 4.69) is 26.2 Å². The van der Waals surface area contributed by atoms with Crippen LogP contribution in [0.4, 0.5) is 11.4 Å². The van der Waals surface area contributed by atoms with Crippen LogP contribution in [0.15, 0.2) is 42.7 Å². The highest BCUT2D eigenvalue weighted by molar-refractivity contribution is 6.34. The van der Waals surface area contributed by atoms with E-state index in [9.17, 15) is 9.59 Å². The molecule has 26 heavy (non-hydrogen) atoms. The third kappa shape index (κ3) is 3.86. The van der Waals surface area contributed by atoms with Gasteiger partial charge >= 0.3 is 0 Å². The number of aryl methyl sites for hydroxylation is 1. The number of nitrogens with one attached hydrogen (secondary N) is 2. The number of carbonyl (C=O) groups excluding carboxylic acids is 2. The van der Waals surface area contributed by atoms with E-state index in [4.69, 9.17) is 11.6 Å². The van der Waals surface area contributed by atoms with E-state index in [1.165, 1.54) is 17.9 Å². The minimum absolute atomic E-state index is 0.183. The molecule has 2 aromatic carbocycles. The zero-order valence-corrected chi connectivity index (χ0v) is 14.8. The molecule has 8 nitrogen and oxygen atoms in total. The Morgan fingerprint density at radius 3 is 2.58 bits per heavy atom. The Bertz CT molecular complexity index is 971. The largest absolute Gasteiger partial charge is 0.326 e. The van der Waals surface area contributed by atoms with Crippen LogP contribution in [0.5, 0.6) is 0 Å². The Hall–Kier alpha value is -3.26. The van der Waals surface area contributed by atoms with Crippen LogP contribution in [0.3, 0.4) is 0 Å². The molecule has 132 valence electrons. The number of benzene rings is 2. The summed E-state index contributed by atoms with van der Waals surface area (Å²) in [7, 11) is 0. The maximum Gasteiger partial charge on any atom is 0.257 e. The van der Waals surface area contributed by atoms with Crippen molar-refractivity contribution in [2.45, 2.75) is 13.8 Å². The number of hydrogen-bond donors (Lipinski definition) is 2. The van der Waals surface area contributed by atoms with Crippen LogP contribution in [-0.4, -0.2) is 32.0 Å². The molecule has 0 aliphatic carbocycles. The molecule has 1 aromatic heterocycles. The molecule has 0 unspecified atom stereocenters. The van der Waals surface area contributed by atoms with Crippen LogP contribution >= 0.6 is 11.6 Å². The standard InChI is InChI=1S/C17H15ClN6O2/c1-10-3-4-12(7-16(10)20-11(2)25)21-17(26)14-6-5-13(8-15(14)18)24-9-19-22-23-24/h3-9H,1-2H3,(H,20,25)(H,21,26). The van der Waals surface area contributed by atoms with Crippen LogP contribution in [0, 0.1) is 6.92 Å². The molecule has 3 rings (SSSR count). The number of halogens is 1. The van der Waals surface area contributed by atoms with E-state index in [1.807, 2.05) is 13.0 Å². The lowest BCUT2D eigenvalue weighted by molar-refractivity contribution is -0.114. The van der Waals surface area contributed by atoms with Gasteiger partial charge < -0.3 is 10.6 Å². The summed E-state index contributed by atoms with van der Waals surface area (Å²) in [4.78, 5) is 23.8. The van der Waals surface area contributed by atoms with Crippen molar-refractivity contribution in [3.63, 3.8) is 0 Å². The van der Waals surface area contributed by atoms with Gasteiger partial charge in [0, 0.05) is 18.3 Å². The third-order valence-electron chi connectivity index (χ3n) is 3.62. The molecule has 0 bridgehead atoms. The maximum absolute atomic E-state index is 12.5. The molecular formula is C17H15ClN6O2. The van der Waals surface area contributed by atoms with Crippen molar-refractivity contribution in [2.24, 2.45) is 0 Å². The van der Waals surface area contributed by atoms with E-state index < -0.39 is 0 Å². The predicted octanol–water partition coefficient (Wildman–Crippen LogP) is 2.83. The highest BCUT2D eigenvalue weighted by atomic mass is 35.5. The summed E-state index contributed by atoms with van der Waals surface area (Å²) < 4.78 is 1.44. The van der Waals surface area contributed by atoms with Gasteiger partial charge in [0.25, 0.3) is 5.91 Å². The monoisotopic (exact) mass is 370 g/mol. The number of amides is 2. The van der Waals surface area contributed by atoms with E-state index in [-0.39, 0.29) is 16.8 Å². The summed E-state index contributed by atoms with van der Waals surface area (Å²) in [6.07, 6.45) is 1.43. The summed E-state index contributed by atoms with van der Waals surface area (Å²) in [5.41, 5.74) is 3.02. The summed E-state index contributed by atoms with van der Waals surface area (Å²) in [6, 6.07) is 10.1. The van der Waals surface area contributed by atoms with Crippen molar-refractivity contribution in [3.8, 4) is 5.69 Å². The van der Waals surface area contributed by atoms with Gasteiger partial charge in [-0.25, -0.2) is 4.68 Å². The van der Waals surface area contributed by atoms with Crippen LogP contribution in [0.25, 0.3) is 5.69 Å². The molecule has 2 amide bonds. The van der Waals surface area contributed by atoms with Crippen LogP contribution < -0.4 is 10.6 Å². The first-order chi connectivity index (χ1) is 12.4. The van der Waals surface area contributed by atoms with Gasteiger partial charge in [-0.2, -0.15) is 0 Å². The first-order valence-corrected chi connectivity index (χ1v) is 8.04. The Morgan fingerprint density at radius 1 is 1.12 bits per heavy atom. The summed E-state index contributed by atoms with van der Waals surface area (Å²) in [5, 5.41) is 16.7. The molecule has 2 N–H and O–H groups in total. The first kappa shape index (κ1) is 17.6. The van der Waals surface area contributed by atoms with Crippen LogP contribution in [0.1, 0.15) is 22.8 Å². The zero-order chi connectivity index (χ0) is 18.7. The molecule has 3 aromatic rings. The van der Waals surface area contributed by atoms with Crippen molar-refractivity contribution in [1.29, 1.82) is 0 Å². The zero-order valence-electron chi connectivity index (χ0n) is 14.0. The number of nitrogens with zero attached hydrogens (tertiary/aromatic N) is 4. The van der Waals surface area contributed by atoms with E-state index in [0.29, 0.717) is 22.6 Å². The average molecular weight is 371 g/mol. The molecule has 0 saturated heterocycles. The van der Waals surface area contributed by atoms with Gasteiger partial charge in [0.2, 0.25) is 5.91 Å². The molecule has 0 aliphatic rings. The van der Waals surface area contributed by atoms with Gasteiger partial charge in [-0.05, 0) is 53.2 Å². The van der Waals surface area contributed by atoms with Crippen LogP contribution in [-0.2, 0) is 4.79 Å². The van der Waals surface area contributed by atoms with E-state index in [0.717, 1.165) is 5.56 Å². The van der Waals surface area contributed by atoms with Gasteiger partial charge in [0.05, 0.1) is 16.3 Å². The lowest BCUT2D eigenvalue weighted by Crippen LogP contribution is -2.14. The van der Waals surface area contributed by atoms with Gasteiger partial charge in [-0.3, -0.25) is 9.59 Å². The summed E-state index contributed by atoms with van der Waals surface area (Å²) >= 11 is 6.23. The maximum atomic E-state index is 12.5. The average Bonchev–Trinajstić information content (AvgIpc) is 3.12. The van der Waals surface area contributed by atoms with Crippen molar-refractivity contribution in [3.05, 3.63) is 58.9 Å². The fraction of sp³-hybridized carbons (Fsp3) is 0.118. The van der Waals surface area contributed by atoms with Gasteiger partial charge in [0.1, 0.15) is 6.33 Å². The first-order valence-electron chi connectivity index (χ1n) is 7.66. The minimum atomic E-state index is -0.365. The smallest absolute Gasteiger partial charge is 0.257 e. The Kier molecular flexibility index (Phi) is 4.94. The second-order valence-corrected chi connectivity index (χ2v) is 5.99.